The molecule has 0 aromatic heterocycles. The smallest absolute Gasteiger partial charge is 0.241 e. The van der Waals surface area contributed by atoms with Crippen molar-refractivity contribution in [2.24, 2.45) is 5.92 Å². The zero-order chi connectivity index (χ0) is 14.0. The third-order valence-corrected chi connectivity index (χ3v) is 5.85. The molecule has 1 aliphatic rings. The van der Waals surface area contributed by atoms with Gasteiger partial charge in [0.25, 0.3) is 0 Å². The number of nitrogens with one attached hydrogen (secondary N) is 1. The van der Waals surface area contributed by atoms with Gasteiger partial charge in [-0.2, -0.15) is 0 Å². The summed E-state index contributed by atoms with van der Waals surface area (Å²) in [5.41, 5.74) is 0. The summed E-state index contributed by atoms with van der Waals surface area (Å²) in [6.45, 7) is -0.0300. The van der Waals surface area contributed by atoms with Crippen molar-refractivity contribution in [3.63, 3.8) is 0 Å². The topological polar surface area (TPSA) is 66.4 Å². The first-order valence-corrected chi connectivity index (χ1v) is 8.30. The van der Waals surface area contributed by atoms with Gasteiger partial charge < -0.3 is 5.11 Å². The molecular weight excluding hydrogens is 337 g/mol. The third-order valence-electron chi connectivity index (χ3n) is 3.38. The maximum Gasteiger partial charge on any atom is 0.241 e. The highest BCUT2D eigenvalue weighted by molar-refractivity contribution is 9.10. The van der Waals surface area contributed by atoms with Crippen LogP contribution in [-0.2, 0) is 10.0 Å². The van der Waals surface area contributed by atoms with Gasteiger partial charge in [0.15, 0.2) is 0 Å². The molecule has 0 aliphatic heterocycles. The summed E-state index contributed by atoms with van der Waals surface area (Å²) in [6.07, 6.45) is 2.42. The molecule has 106 valence electrons. The monoisotopic (exact) mass is 351 g/mol. The average molecular weight is 352 g/mol. The molecule has 0 spiro atoms. The fourth-order valence-electron chi connectivity index (χ4n) is 2.37. The van der Waals surface area contributed by atoms with E-state index in [1.54, 1.807) is 0 Å². The lowest BCUT2D eigenvalue weighted by atomic mass is 10.1. The molecule has 1 aromatic rings. The van der Waals surface area contributed by atoms with E-state index in [4.69, 9.17) is 0 Å². The second kappa shape index (κ2) is 5.87. The molecule has 7 heteroatoms. The zero-order valence-corrected chi connectivity index (χ0v) is 12.5. The zero-order valence-electron chi connectivity index (χ0n) is 10.1. The van der Waals surface area contributed by atoms with Crippen LogP contribution in [0.1, 0.15) is 19.3 Å². The fraction of sp³-hybridized carbons (Fsp3) is 0.500. The number of sulfonamides is 1. The van der Waals surface area contributed by atoms with E-state index in [2.05, 4.69) is 20.7 Å². The molecule has 19 heavy (non-hydrogen) atoms. The van der Waals surface area contributed by atoms with Crippen LogP contribution in [0.5, 0.6) is 0 Å². The lowest BCUT2D eigenvalue weighted by Gasteiger charge is -2.19. The second-order valence-electron chi connectivity index (χ2n) is 4.68. The van der Waals surface area contributed by atoms with E-state index in [1.807, 2.05) is 0 Å². The minimum Gasteiger partial charge on any atom is -0.396 e. The first-order chi connectivity index (χ1) is 8.94. The second-order valence-corrected chi connectivity index (χ2v) is 7.21. The van der Waals surface area contributed by atoms with E-state index in [-0.39, 0.29) is 27.9 Å². The Kier molecular flexibility index (Phi) is 4.60. The minimum absolute atomic E-state index is 0.0116. The number of benzene rings is 1. The molecule has 0 radical (unpaired) electrons. The third kappa shape index (κ3) is 3.34. The highest BCUT2D eigenvalue weighted by atomic mass is 79.9. The van der Waals surface area contributed by atoms with E-state index in [0.29, 0.717) is 6.42 Å². The number of hydrogen-bond acceptors (Lipinski definition) is 3. The minimum atomic E-state index is -3.71. The van der Waals surface area contributed by atoms with Crippen molar-refractivity contribution in [1.82, 2.24) is 4.72 Å². The number of aliphatic hydroxyl groups excluding tert-OH is 1. The van der Waals surface area contributed by atoms with Gasteiger partial charge in [0.1, 0.15) is 5.82 Å². The Balaban J connectivity index is 2.23. The Morgan fingerprint density at radius 1 is 1.42 bits per heavy atom. The Morgan fingerprint density at radius 3 is 2.79 bits per heavy atom. The van der Waals surface area contributed by atoms with Gasteiger partial charge in [0.2, 0.25) is 10.0 Å². The van der Waals surface area contributed by atoms with Gasteiger partial charge in [0.05, 0.1) is 4.90 Å². The lowest BCUT2D eigenvalue weighted by molar-refractivity contribution is 0.213. The van der Waals surface area contributed by atoms with E-state index < -0.39 is 15.8 Å². The molecule has 0 saturated heterocycles. The fourth-order valence-corrected chi connectivity index (χ4v) is 4.76. The molecule has 2 rings (SSSR count). The highest BCUT2D eigenvalue weighted by Crippen LogP contribution is 2.28. The molecule has 1 saturated carbocycles. The van der Waals surface area contributed by atoms with Crippen LogP contribution >= 0.6 is 15.9 Å². The van der Waals surface area contributed by atoms with Crippen molar-refractivity contribution in [2.45, 2.75) is 30.2 Å². The molecule has 1 aromatic carbocycles. The van der Waals surface area contributed by atoms with Crippen molar-refractivity contribution in [3.8, 4) is 0 Å². The van der Waals surface area contributed by atoms with Gasteiger partial charge in [-0.05, 0) is 52.9 Å². The molecule has 2 N–H and O–H groups in total. The quantitative estimate of drug-likeness (QED) is 0.872. The number of hydrogen-bond donors (Lipinski definition) is 2. The Hall–Kier alpha value is -0.500. The molecule has 1 aliphatic carbocycles. The first kappa shape index (κ1) is 14.9. The molecule has 0 heterocycles. The van der Waals surface area contributed by atoms with Gasteiger partial charge in [-0.25, -0.2) is 17.5 Å². The summed E-state index contributed by atoms with van der Waals surface area (Å²) in [7, 11) is -3.71. The van der Waals surface area contributed by atoms with Crippen LogP contribution in [-0.4, -0.2) is 26.2 Å². The summed E-state index contributed by atoms with van der Waals surface area (Å²) in [5, 5.41) is 9.20. The summed E-state index contributed by atoms with van der Waals surface area (Å²) < 4.78 is 40.2. The van der Waals surface area contributed by atoms with Gasteiger partial charge in [-0.15, -0.1) is 0 Å². The lowest BCUT2D eigenvalue weighted by Crippen LogP contribution is -2.38. The van der Waals surface area contributed by atoms with Crippen LogP contribution in [0, 0.1) is 11.7 Å². The molecule has 4 nitrogen and oxygen atoms in total. The summed E-state index contributed by atoms with van der Waals surface area (Å²) in [6, 6.07) is 3.20. The van der Waals surface area contributed by atoms with Crippen LogP contribution in [0.25, 0.3) is 0 Å². The first-order valence-electron chi connectivity index (χ1n) is 6.02. The Morgan fingerprint density at radius 2 is 2.16 bits per heavy atom. The number of aliphatic hydroxyl groups is 1. The summed E-state index contributed by atoms with van der Waals surface area (Å²) in [4.78, 5) is 0.0116. The van der Waals surface area contributed by atoms with E-state index in [9.17, 15) is 17.9 Å². The van der Waals surface area contributed by atoms with Crippen LogP contribution in [0.4, 0.5) is 4.39 Å². The number of halogens is 2. The normalized spacial score (nSPS) is 23.7. The molecule has 0 bridgehead atoms. The van der Waals surface area contributed by atoms with E-state index in [1.165, 1.54) is 6.07 Å². The summed E-state index contributed by atoms with van der Waals surface area (Å²) in [5.74, 6) is -0.547. The Labute approximate surface area is 120 Å². The van der Waals surface area contributed by atoms with Crippen LogP contribution < -0.4 is 4.72 Å². The molecule has 0 amide bonds. The van der Waals surface area contributed by atoms with Crippen molar-refractivity contribution >= 4 is 26.0 Å². The van der Waals surface area contributed by atoms with Crippen LogP contribution in [0.2, 0.25) is 0 Å². The number of rotatable bonds is 4. The van der Waals surface area contributed by atoms with E-state index in [0.717, 1.165) is 25.0 Å². The maximum absolute atomic E-state index is 13.0. The predicted molar refractivity (Wildman–Crippen MR) is 72.6 cm³/mol. The molecular formula is C12H15BrFNO3S. The summed E-state index contributed by atoms with van der Waals surface area (Å²) >= 11 is 3.06. The van der Waals surface area contributed by atoms with Gasteiger partial charge in [0, 0.05) is 17.1 Å². The van der Waals surface area contributed by atoms with Gasteiger partial charge in [-0.1, -0.05) is 6.42 Å². The standard InChI is InChI=1S/C12H15BrFNO3S/c13-10-6-9(14)4-5-12(10)19(17,18)15-11-3-1-2-8(11)7-16/h4-6,8,11,15-16H,1-3,7H2. The van der Waals surface area contributed by atoms with Crippen LogP contribution in [0.15, 0.2) is 27.6 Å². The largest absolute Gasteiger partial charge is 0.396 e. The van der Waals surface area contributed by atoms with Crippen LogP contribution in [0.3, 0.4) is 0 Å². The highest BCUT2D eigenvalue weighted by Gasteiger charge is 2.31. The van der Waals surface area contributed by atoms with E-state index >= 15 is 0 Å². The van der Waals surface area contributed by atoms with Crippen molar-refractivity contribution in [1.29, 1.82) is 0 Å². The van der Waals surface area contributed by atoms with Crippen molar-refractivity contribution in [2.75, 3.05) is 6.61 Å². The molecule has 2 atom stereocenters. The van der Waals surface area contributed by atoms with Crippen molar-refractivity contribution in [3.05, 3.63) is 28.5 Å². The van der Waals surface area contributed by atoms with Gasteiger partial charge in [-0.3, -0.25) is 0 Å². The average Bonchev–Trinajstić information content (AvgIpc) is 2.74. The van der Waals surface area contributed by atoms with Crippen molar-refractivity contribution < 1.29 is 17.9 Å². The maximum atomic E-state index is 13.0. The predicted octanol–water partition coefficient (Wildman–Crippen LogP) is 2.03. The molecule has 1 fully saturated rings. The molecule has 2 unspecified atom stereocenters. The van der Waals surface area contributed by atoms with Gasteiger partial charge >= 0.3 is 0 Å². The Bertz CT molecular complexity index is 564. The SMILES string of the molecule is O=S(=O)(NC1CCCC1CO)c1ccc(F)cc1Br.